The van der Waals surface area contributed by atoms with E-state index in [9.17, 15) is 9.59 Å². The molecule has 0 saturated carbocycles. The Morgan fingerprint density at radius 1 is 1.36 bits per heavy atom. The Morgan fingerprint density at radius 2 is 2.05 bits per heavy atom. The van der Waals surface area contributed by atoms with E-state index in [-0.39, 0.29) is 17.0 Å². The predicted octanol–water partition coefficient (Wildman–Crippen LogP) is 2.44. The van der Waals surface area contributed by atoms with Gasteiger partial charge >= 0.3 is 0 Å². The fraction of sp³-hybridized carbons (Fsp3) is 0.562. The molecule has 0 spiro atoms. The molecule has 1 saturated heterocycles. The van der Waals surface area contributed by atoms with Crippen LogP contribution in [0.15, 0.2) is 16.4 Å². The lowest BCUT2D eigenvalue weighted by Crippen LogP contribution is -2.44. The van der Waals surface area contributed by atoms with Gasteiger partial charge in [0.25, 0.3) is 11.5 Å². The molecule has 1 fully saturated rings. The van der Waals surface area contributed by atoms with Crippen LogP contribution < -0.4 is 5.56 Å². The molecular formula is C16H21N3O2S. The normalized spacial score (nSPS) is 22.2. The van der Waals surface area contributed by atoms with Crippen LogP contribution in [0.2, 0.25) is 0 Å². The summed E-state index contributed by atoms with van der Waals surface area (Å²) in [6, 6.07) is 0. The molecule has 0 radical (unpaired) electrons. The number of fused-ring (bicyclic) bond motifs is 1. The summed E-state index contributed by atoms with van der Waals surface area (Å²) in [6.45, 7) is 7.73. The summed E-state index contributed by atoms with van der Waals surface area (Å²) >= 11 is 1.44. The highest BCUT2D eigenvalue weighted by Crippen LogP contribution is 2.22. The molecule has 0 aliphatic carbocycles. The third kappa shape index (κ3) is 2.56. The van der Waals surface area contributed by atoms with Crippen LogP contribution in [0.3, 0.4) is 0 Å². The molecule has 3 rings (SSSR count). The largest absolute Gasteiger partial charge is 0.338 e. The van der Waals surface area contributed by atoms with Crippen molar-refractivity contribution in [3.63, 3.8) is 0 Å². The van der Waals surface area contributed by atoms with Gasteiger partial charge in [-0.3, -0.25) is 14.0 Å². The van der Waals surface area contributed by atoms with Crippen molar-refractivity contribution in [2.24, 2.45) is 11.8 Å². The molecule has 2 unspecified atom stereocenters. The summed E-state index contributed by atoms with van der Waals surface area (Å²) in [5, 5.41) is 1.93. The smallest absolute Gasteiger partial charge is 0.271 e. The summed E-state index contributed by atoms with van der Waals surface area (Å²) in [6.07, 6.45) is 3.32. The van der Waals surface area contributed by atoms with E-state index in [2.05, 4.69) is 18.8 Å². The van der Waals surface area contributed by atoms with Crippen molar-refractivity contribution in [1.29, 1.82) is 0 Å². The molecule has 1 aliphatic rings. The van der Waals surface area contributed by atoms with E-state index >= 15 is 0 Å². The van der Waals surface area contributed by atoms with Crippen LogP contribution >= 0.6 is 11.3 Å². The number of carbonyl (C=O) groups is 1. The molecule has 0 bridgehead atoms. The van der Waals surface area contributed by atoms with Crippen LogP contribution in [0.5, 0.6) is 0 Å². The van der Waals surface area contributed by atoms with E-state index in [4.69, 9.17) is 0 Å². The van der Waals surface area contributed by atoms with Crippen LogP contribution in [-0.2, 0) is 6.42 Å². The van der Waals surface area contributed by atoms with Gasteiger partial charge in [0.1, 0.15) is 5.56 Å². The molecule has 22 heavy (non-hydrogen) atoms. The number of likely N-dealkylation sites (tertiary alicyclic amines) is 1. The standard InChI is InChI=1S/C16H21N3O2S/c1-4-12-9-22-16-17-6-13(15(21)19(12)16)14(20)18-7-10(2)5-11(3)8-18/h6,9-11H,4-5,7-8H2,1-3H3. The fourth-order valence-corrected chi connectivity index (χ4v) is 4.27. The zero-order valence-corrected chi connectivity index (χ0v) is 14.0. The van der Waals surface area contributed by atoms with Crippen molar-refractivity contribution in [3.05, 3.63) is 33.2 Å². The van der Waals surface area contributed by atoms with E-state index < -0.39 is 0 Å². The van der Waals surface area contributed by atoms with Crippen LogP contribution in [-0.4, -0.2) is 33.3 Å². The number of piperidine rings is 1. The molecule has 5 nitrogen and oxygen atoms in total. The Bertz CT molecular complexity index is 754. The van der Waals surface area contributed by atoms with Gasteiger partial charge in [-0.2, -0.15) is 0 Å². The van der Waals surface area contributed by atoms with Crippen LogP contribution in [0.25, 0.3) is 4.96 Å². The van der Waals surface area contributed by atoms with Crippen molar-refractivity contribution in [3.8, 4) is 0 Å². The first-order chi connectivity index (χ1) is 10.5. The third-order valence-corrected chi connectivity index (χ3v) is 5.15. The topological polar surface area (TPSA) is 54.7 Å². The maximum atomic E-state index is 12.8. The van der Waals surface area contributed by atoms with Gasteiger partial charge in [-0.15, -0.1) is 11.3 Å². The van der Waals surface area contributed by atoms with E-state index in [1.165, 1.54) is 17.5 Å². The van der Waals surface area contributed by atoms with Crippen molar-refractivity contribution >= 4 is 22.2 Å². The highest BCUT2D eigenvalue weighted by Gasteiger charge is 2.28. The second-order valence-electron chi connectivity index (χ2n) is 6.33. The van der Waals surface area contributed by atoms with Crippen molar-refractivity contribution < 1.29 is 4.79 Å². The molecule has 2 aromatic heterocycles. The minimum absolute atomic E-state index is 0.182. The first-order valence-corrected chi connectivity index (χ1v) is 8.66. The molecule has 2 atom stereocenters. The quantitative estimate of drug-likeness (QED) is 0.854. The van der Waals surface area contributed by atoms with Crippen LogP contribution in [0.4, 0.5) is 0 Å². The zero-order chi connectivity index (χ0) is 15.9. The zero-order valence-electron chi connectivity index (χ0n) is 13.2. The van der Waals surface area contributed by atoms with E-state index in [0.717, 1.165) is 31.6 Å². The number of amides is 1. The van der Waals surface area contributed by atoms with Gasteiger partial charge in [0.2, 0.25) is 0 Å². The number of hydrogen-bond acceptors (Lipinski definition) is 4. The van der Waals surface area contributed by atoms with E-state index in [1.807, 2.05) is 17.2 Å². The Morgan fingerprint density at radius 3 is 2.68 bits per heavy atom. The maximum absolute atomic E-state index is 12.8. The molecule has 0 N–H and O–H groups in total. The minimum Gasteiger partial charge on any atom is -0.338 e. The molecule has 118 valence electrons. The lowest BCUT2D eigenvalue weighted by molar-refractivity contribution is 0.0620. The van der Waals surface area contributed by atoms with Crippen molar-refractivity contribution in [1.82, 2.24) is 14.3 Å². The van der Waals surface area contributed by atoms with Gasteiger partial charge in [-0.05, 0) is 24.7 Å². The number of hydrogen-bond donors (Lipinski definition) is 0. The summed E-state index contributed by atoms with van der Waals surface area (Å²) in [7, 11) is 0. The van der Waals surface area contributed by atoms with Gasteiger partial charge in [-0.25, -0.2) is 4.98 Å². The molecule has 6 heteroatoms. The van der Waals surface area contributed by atoms with Gasteiger partial charge in [0, 0.05) is 30.4 Å². The Kier molecular flexibility index (Phi) is 4.04. The summed E-state index contributed by atoms with van der Waals surface area (Å²) in [5.41, 5.74) is 0.860. The number of thiazole rings is 1. The molecule has 0 aromatic carbocycles. The second-order valence-corrected chi connectivity index (χ2v) is 7.17. The lowest BCUT2D eigenvalue weighted by Gasteiger charge is -2.34. The minimum atomic E-state index is -0.237. The van der Waals surface area contributed by atoms with E-state index in [0.29, 0.717) is 16.8 Å². The van der Waals surface area contributed by atoms with Gasteiger partial charge in [0.05, 0.1) is 0 Å². The Balaban J connectivity index is 2.01. The monoisotopic (exact) mass is 319 g/mol. The number of rotatable bonds is 2. The molecular weight excluding hydrogens is 298 g/mol. The number of aryl methyl sites for hydroxylation is 1. The SMILES string of the molecule is CCc1csc2ncc(C(=O)N3CC(C)CC(C)C3)c(=O)n12. The fourth-order valence-electron chi connectivity index (χ4n) is 3.34. The Hall–Kier alpha value is -1.69. The van der Waals surface area contributed by atoms with Gasteiger partial charge < -0.3 is 4.90 Å². The number of carbonyl (C=O) groups excluding carboxylic acids is 1. The third-order valence-electron chi connectivity index (χ3n) is 4.27. The number of aromatic nitrogens is 2. The summed E-state index contributed by atoms with van der Waals surface area (Å²) in [4.78, 5) is 32.2. The second kappa shape index (κ2) is 5.83. The van der Waals surface area contributed by atoms with Crippen molar-refractivity contribution in [2.45, 2.75) is 33.6 Å². The van der Waals surface area contributed by atoms with Crippen molar-refractivity contribution in [2.75, 3.05) is 13.1 Å². The highest BCUT2D eigenvalue weighted by molar-refractivity contribution is 7.15. The van der Waals surface area contributed by atoms with Gasteiger partial charge in [0.15, 0.2) is 4.96 Å². The first kappa shape index (κ1) is 15.2. The Labute approximate surface area is 133 Å². The summed E-state index contributed by atoms with van der Waals surface area (Å²) < 4.78 is 1.58. The summed E-state index contributed by atoms with van der Waals surface area (Å²) in [5.74, 6) is 0.762. The van der Waals surface area contributed by atoms with Crippen LogP contribution in [0, 0.1) is 11.8 Å². The average Bonchev–Trinajstić information content (AvgIpc) is 2.90. The maximum Gasteiger partial charge on any atom is 0.271 e. The van der Waals surface area contributed by atoms with E-state index in [1.54, 1.807) is 4.40 Å². The number of nitrogens with zero attached hydrogens (tertiary/aromatic N) is 3. The molecule has 3 heterocycles. The molecule has 1 aliphatic heterocycles. The van der Waals surface area contributed by atoms with Gasteiger partial charge in [-0.1, -0.05) is 20.8 Å². The average molecular weight is 319 g/mol. The molecule has 2 aromatic rings. The van der Waals surface area contributed by atoms with Crippen LogP contribution in [0.1, 0.15) is 43.2 Å². The predicted molar refractivity (Wildman–Crippen MR) is 87.6 cm³/mol. The highest BCUT2D eigenvalue weighted by atomic mass is 32.1. The molecule has 1 amide bonds. The first-order valence-electron chi connectivity index (χ1n) is 7.78. The lowest BCUT2D eigenvalue weighted by atomic mass is 9.91.